The summed E-state index contributed by atoms with van der Waals surface area (Å²) in [6.45, 7) is 0.531. The summed E-state index contributed by atoms with van der Waals surface area (Å²) in [7, 11) is 1.68. The summed E-state index contributed by atoms with van der Waals surface area (Å²) >= 11 is 0. The highest BCUT2D eigenvalue weighted by Gasteiger charge is 2.18. The lowest BCUT2D eigenvalue weighted by molar-refractivity contribution is -0.0161. The summed E-state index contributed by atoms with van der Waals surface area (Å²) in [5, 5.41) is 0. The Kier molecular flexibility index (Phi) is 5.67. The van der Waals surface area contributed by atoms with Crippen molar-refractivity contribution in [3.63, 3.8) is 0 Å². The van der Waals surface area contributed by atoms with Crippen LogP contribution < -0.4 is 10.5 Å². The zero-order valence-electron chi connectivity index (χ0n) is 11.8. The van der Waals surface area contributed by atoms with Gasteiger partial charge in [-0.3, -0.25) is 0 Å². The lowest BCUT2D eigenvalue weighted by Crippen LogP contribution is -2.22. The molecule has 1 aliphatic carbocycles. The van der Waals surface area contributed by atoms with Crippen LogP contribution in [0.15, 0.2) is 24.3 Å². The molecule has 3 heteroatoms. The molecule has 2 N–H and O–H groups in total. The van der Waals surface area contributed by atoms with Gasteiger partial charge in [0.25, 0.3) is 0 Å². The summed E-state index contributed by atoms with van der Waals surface area (Å²) in [6, 6.07) is 8.03. The first-order chi connectivity index (χ1) is 9.33. The molecule has 106 valence electrons. The highest BCUT2D eigenvalue weighted by atomic mass is 16.5. The predicted octanol–water partition coefficient (Wildman–Crippen LogP) is 3.43. The van der Waals surface area contributed by atoms with Gasteiger partial charge in [0.2, 0.25) is 0 Å². The molecule has 0 spiro atoms. The molecule has 1 unspecified atom stereocenters. The molecule has 2 rings (SSSR count). The Balaban J connectivity index is 1.97. The first-order valence-corrected chi connectivity index (χ1v) is 7.33. The van der Waals surface area contributed by atoms with E-state index in [9.17, 15) is 0 Å². The normalized spacial score (nSPS) is 18.8. The van der Waals surface area contributed by atoms with Gasteiger partial charge in [-0.1, -0.05) is 37.8 Å². The molecule has 0 saturated heterocycles. The fraction of sp³-hybridized carbons (Fsp3) is 0.625. The Labute approximate surface area is 116 Å². The third kappa shape index (κ3) is 4.22. The van der Waals surface area contributed by atoms with E-state index in [1.807, 2.05) is 24.3 Å². The first-order valence-electron chi connectivity index (χ1n) is 7.33. The molecular formula is C16H25NO2. The molecule has 1 atom stereocenters. The van der Waals surface area contributed by atoms with Crippen molar-refractivity contribution in [3.8, 4) is 5.75 Å². The molecule has 1 fully saturated rings. The van der Waals surface area contributed by atoms with Crippen LogP contribution in [-0.2, 0) is 4.74 Å². The molecule has 1 saturated carbocycles. The van der Waals surface area contributed by atoms with Gasteiger partial charge in [-0.05, 0) is 30.5 Å². The van der Waals surface area contributed by atoms with Crippen molar-refractivity contribution in [2.24, 2.45) is 5.73 Å². The number of hydrogen-bond acceptors (Lipinski definition) is 3. The Hall–Kier alpha value is -1.06. The van der Waals surface area contributed by atoms with Gasteiger partial charge in [-0.2, -0.15) is 0 Å². The molecule has 19 heavy (non-hydrogen) atoms. The van der Waals surface area contributed by atoms with Crippen LogP contribution >= 0.6 is 0 Å². The fourth-order valence-electron chi connectivity index (χ4n) is 2.70. The molecule has 0 bridgehead atoms. The van der Waals surface area contributed by atoms with E-state index in [0.717, 1.165) is 11.3 Å². The molecule has 0 amide bonds. The molecule has 0 aliphatic heterocycles. The first kappa shape index (κ1) is 14.4. The van der Waals surface area contributed by atoms with Gasteiger partial charge in [0.1, 0.15) is 5.75 Å². The third-order valence-electron chi connectivity index (χ3n) is 3.86. The second-order valence-electron chi connectivity index (χ2n) is 5.25. The van der Waals surface area contributed by atoms with Crippen molar-refractivity contribution in [2.75, 3.05) is 13.7 Å². The van der Waals surface area contributed by atoms with Crippen molar-refractivity contribution >= 4 is 0 Å². The van der Waals surface area contributed by atoms with E-state index in [1.165, 1.54) is 38.5 Å². The van der Waals surface area contributed by atoms with Crippen LogP contribution in [0, 0.1) is 0 Å². The number of ether oxygens (including phenoxy) is 2. The number of rotatable bonds is 5. The van der Waals surface area contributed by atoms with Crippen molar-refractivity contribution in [1.29, 1.82) is 0 Å². The van der Waals surface area contributed by atoms with Crippen LogP contribution in [0.5, 0.6) is 5.75 Å². The van der Waals surface area contributed by atoms with Crippen LogP contribution in [0.1, 0.15) is 50.2 Å². The summed E-state index contributed by atoms with van der Waals surface area (Å²) in [6.07, 6.45) is 7.98. The minimum atomic E-state index is 0.00834. The van der Waals surface area contributed by atoms with E-state index in [2.05, 4.69) is 0 Å². The maximum Gasteiger partial charge on any atom is 0.118 e. The Morgan fingerprint density at radius 2 is 1.74 bits per heavy atom. The Morgan fingerprint density at radius 1 is 1.11 bits per heavy atom. The number of methoxy groups -OCH3 is 1. The van der Waals surface area contributed by atoms with E-state index in [4.69, 9.17) is 15.2 Å². The van der Waals surface area contributed by atoms with E-state index in [-0.39, 0.29) is 6.10 Å². The smallest absolute Gasteiger partial charge is 0.118 e. The summed E-state index contributed by atoms with van der Waals surface area (Å²) < 4.78 is 11.4. The maximum absolute atomic E-state index is 6.21. The van der Waals surface area contributed by atoms with Gasteiger partial charge in [0.15, 0.2) is 0 Å². The molecule has 1 aromatic carbocycles. The van der Waals surface area contributed by atoms with Crippen molar-refractivity contribution in [2.45, 2.75) is 50.7 Å². The average molecular weight is 263 g/mol. The zero-order chi connectivity index (χ0) is 13.5. The zero-order valence-corrected chi connectivity index (χ0v) is 11.8. The van der Waals surface area contributed by atoms with E-state index in [0.29, 0.717) is 12.6 Å². The molecule has 3 nitrogen and oxygen atoms in total. The van der Waals surface area contributed by atoms with Gasteiger partial charge < -0.3 is 15.2 Å². The van der Waals surface area contributed by atoms with Gasteiger partial charge >= 0.3 is 0 Å². The third-order valence-corrected chi connectivity index (χ3v) is 3.86. The highest BCUT2D eigenvalue weighted by Crippen LogP contribution is 2.26. The van der Waals surface area contributed by atoms with Gasteiger partial charge in [0.05, 0.1) is 19.3 Å². The van der Waals surface area contributed by atoms with Crippen LogP contribution in [0.25, 0.3) is 0 Å². The monoisotopic (exact) mass is 263 g/mol. The van der Waals surface area contributed by atoms with Crippen LogP contribution in [0.4, 0.5) is 0 Å². The number of hydrogen-bond donors (Lipinski definition) is 1. The minimum Gasteiger partial charge on any atom is -0.497 e. The van der Waals surface area contributed by atoms with Crippen molar-refractivity contribution in [1.82, 2.24) is 0 Å². The largest absolute Gasteiger partial charge is 0.497 e. The van der Waals surface area contributed by atoms with Crippen molar-refractivity contribution < 1.29 is 9.47 Å². The van der Waals surface area contributed by atoms with Gasteiger partial charge in [0, 0.05) is 6.54 Å². The van der Waals surface area contributed by atoms with Crippen LogP contribution in [0.2, 0.25) is 0 Å². The van der Waals surface area contributed by atoms with Crippen molar-refractivity contribution in [3.05, 3.63) is 29.8 Å². The van der Waals surface area contributed by atoms with Crippen LogP contribution in [-0.4, -0.2) is 19.8 Å². The highest BCUT2D eigenvalue weighted by molar-refractivity contribution is 5.28. The summed E-state index contributed by atoms with van der Waals surface area (Å²) in [5.41, 5.74) is 7.02. The maximum atomic E-state index is 6.21. The summed E-state index contributed by atoms with van der Waals surface area (Å²) in [5.74, 6) is 0.869. The Morgan fingerprint density at radius 3 is 2.26 bits per heavy atom. The lowest BCUT2D eigenvalue weighted by Gasteiger charge is -2.23. The number of nitrogens with two attached hydrogens (primary N) is 1. The Bertz CT molecular complexity index is 356. The fourth-order valence-corrected chi connectivity index (χ4v) is 2.70. The lowest BCUT2D eigenvalue weighted by atomic mass is 10.1. The molecule has 0 aromatic heterocycles. The molecule has 0 radical (unpaired) electrons. The SMILES string of the molecule is COc1ccc(C(CN)OC2CCCCCC2)cc1. The van der Waals surface area contributed by atoms with E-state index in [1.54, 1.807) is 7.11 Å². The molecule has 1 aliphatic rings. The molecule has 1 aromatic rings. The summed E-state index contributed by atoms with van der Waals surface area (Å²) in [4.78, 5) is 0. The predicted molar refractivity (Wildman–Crippen MR) is 77.4 cm³/mol. The van der Waals surface area contributed by atoms with E-state index >= 15 is 0 Å². The van der Waals surface area contributed by atoms with Crippen LogP contribution in [0.3, 0.4) is 0 Å². The topological polar surface area (TPSA) is 44.5 Å². The van der Waals surface area contributed by atoms with Gasteiger partial charge in [-0.25, -0.2) is 0 Å². The average Bonchev–Trinajstić information content (AvgIpc) is 2.73. The minimum absolute atomic E-state index is 0.00834. The standard InChI is InChI=1S/C16H25NO2/c1-18-14-10-8-13(9-11-14)16(12-17)19-15-6-4-2-3-5-7-15/h8-11,15-16H,2-7,12,17H2,1H3. The van der Waals surface area contributed by atoms with E-state index < -0.39 is 0 Å². The molecule has 0 heterocycles. The second kappa shape index (κ2) is 7.51. The van der Waals surface area contributed by atoms with Gasteiger partial charge in [-0.15, -0.1) is 0 Å². The molecular weight excluding hydrogens is 238 g/mol. The quantitative estimate of drug-likeness (QED) is 0.828. The second-order valence-corrected chi connectivity index (χ2v) is 5.25. The number of benzene rings is 1.